The van der Waals surface area contributed by atoms with Crippen LogP contribution in [0, 0.1) is 0 Å². The van der Waals surface area contributed by atoms with E-state index in [2.05, 4.69) is 29.5 Å². The summed E-state index contributed by atoms with van der Waals surface area (Å²) >= 11 is 0. The van der Waals surface area contributed by atoms with Crippen LogP contribution in [0.5, 0.6) is 11.5 Å². The van der Waals surface area contributed by atoms with Gasteiger partial charge in [-0.25, -0.2) is 0 Å². The molecule has 25 heavy (non-hydrogen) atoms. The van der Waals surface area contributed by atoms with Gasteiger partial charge < -0.3 is 14.8 Å². The Balaban J connectivity index is 0.00000182. The van der Waals surface area contributed by atoms with E-state index in [9.17, 15) is 0 Å². The van der Waals surface area contributed by atoms with Gasteiger partial charge in [-0.2, -0.15) is 5.10 Å². The summed E-state index contributed by atoms with van der Waals surface area (Å²) in [5.74, 6) is 1.95. The lowest BCUT2D eigenvalue weighted by Crippen LogP contribution is -2.25. The van der Waals surface area contributed by atoms with Crippen LogP contribution in [-0.2, 0) is 26.4 Å². The first kappa shape index (κ1) is 18.1. The molecule has 1 aliphatic heterocycles. The molecule has 0 saturated heterocycles. The summed E-state index contributed by atoms with van der Waals surface area (Å²) in [4.78, 5) is 0. The molecule has 5 nitrogen and oxygen atoms in total. The van der Waals surface area contributed by atoms with Crippen LogP contribution in [0.4, 0.5) is 0 Å². The fourth-order valence-corrected chi connectivity index (χ4v) is 3.96. The molecule has 2 atom stereocenters. The van der Waals surface area contributed by atoms with Crippen molar-refractivity contribution in [2.24, 2.45) is 7.05 Å². The van der Waals surface area contributed by atoms with Gasteiger partial charge in [0, 0.05) is 48.4 Å². The van der Waals surface area contributed by atoms with Gasteiger partial charge in [-0.3, -0.25) is 4.68 Å². The highest BCUT2D eigenvalue weighted by Crippen LogP contribution is 2.36. The van der Waals surface area contributed by atoms with Gasteiger partial charge in [0.1, 0.15) is 17.6 Å². The molecule has 2 unspecified atom stereocenters. The summed E-state index contributed by atoms with van der Waals surface area (Å²) in [5, 5.41) is 8.12. The SMILES string of the molecule is COc1cc2c(cc1CNC1CCCc3c1cnn3C)OC(C)C2.Cl. The lowest BCUT2D eigenvalue weighted by atomic mass is 9.93. The number of nitrogens with zero attached hydrogens (tertiary/aromatic N) is 2. The highest BCUT2D eigenvalue weighted by molar-refractivity contribution is 5.85. The topological polar surface area (TPSA) is 48.3 Å². The Bertz CT molecular complexity index is 759. The number of hydrogen-bond acceptors (Lipinski definition) is 4. The zero-order chi connectivity index (χ0) is 16.7. The number of ether oxygens (including phenoxy) is 2. The molecule has 0 radical (unpaired) electrons. The Labute approximate surface area is 155 Å². The van der Waals surface area contributed by atoms with Gasteiger partial charge in [0.15, 0.2) is 0 Å². The van der Waals surface area contributed by atoms with Crippen LogP contribution in [0.25, 0.3) is 0 Å². The van der Waals surface area contributed by atoms with Crippen LogP contribution in [0.2, 0.25) is 0 Å². The van der Waals surface area contributed by atoms with Gasteiger partial charge in [0.2, 0.25) is 0 Å². The number of hydrogen-bond donors (Lipinski definition) is 1. The van der Waals surface area contributed by atoms with Crippen molar-refractivity contribution in [3.63, 3.8) is 0 Å². The summed E-state index contributed by atoms with van der Waals surface area (Å²) in [6, 6.07) is 4.63. The van der Waals surface area contributed by atoms with Crippen LogP contribution < -0.4 is 14.8 Å². The molecular formula is C19H26ClN3O2. The monoisotopic (exact) mass is 363 g/mol. The number of aryl methyl sites for hydroxylation is 1. The molecule has 1 N–H and O–H groups in total. The molecule has 0 amide bonds. The van der Waals surface area contributed by atoms with Gasteiger partial charge in [-0.15, -0.1) is 12.4 Å². The van der Waals surface area contributed by atoms with Gasteiger partial charge >= 0.3 is 0 Å². The van der Waals surface area contributed by atoms with E-state index in [1.54, 1.807) is 7.11 Å². The van der Waals surface area contributed by atoms with Gasteiger partial charge in [0.05, 0.1) is 13.3 Å². The van der Waals surface area contributed by atoms with E-state index in [1.807, 2.05) is 17.9 Å². The van der Waals surface area contributed by atoms with Crippen molar-refractivity contribution in [2.75, 3.05) is 7.11 Å². The van der Waals surface area contributed by atoms with E-state index in [-0.39, 0.29) is 18.5 Å². The highest BCUT2D eigenvalue weighted by atomic mass is 35.5. The molecule has 1 aliphatic carbocycles. The average molecular weight is 364 g/mol. The van der Waals surface area contributed by atoms with Crippen molar-refractivity contribution in [3.05, 3.63) is 40.7 Å². The van der Waals surface area contributed by atoms with Gasteiger partial charge in [-0.1, -0.05) is 0 Å². The standard InChI is InChI=1S/C19H25N3O2.ClH/c1-12-7-13-8-18(23-3)14(9-19(13)24-12)10-20-16-5-4-6-17-15(16)11-21-22(17)2;/h8-9,11-12,16,20H,4-7,10H2,1-3H3;1H. The molecule has 0 saturated carbocycles. The van der Waals surface area contributed by atoms with E-state index in [1.165, 1.54) is 23.2 Å². The summed E-state index contributed by atoms with van der Waals surface area (Å²) in [6.07, 6.45) is 6.70. The number of nitrogens with one attached hydrogen (secondary N) is 1. The second kappa shape index (κ2) is 7.26. The fraction of sp³-hybridized carbons (Fsp3) is 0.526. The van der Waals surface area contributed by atoms with Gasteiger partial charge in [0.25, 0.3) is 0 Å². The predicted octanol–water partition coefficient (Wildman–Crippen LogP) is 3.34. The third-order valence-corrected chi connectivity index (χ3v) is 5.21. The Hall–Kier alpha value is -1.72. The van der Waals surface area contributed by atoms with Crippen LogP contribution in [0.3, 0.4) is 0 Å². The quantitative estimate of drug-likeness (QED) is 0.905. The lowest BCUT2D eigenvalue weighted by Gasteiger charge is -2.24. The molecule has 2 heterocycles. The first-order valence-corrected chi connectivity index (χ1v) is 8.76. The van der Waals surface area contributed by atoms with E-state index >= 15 is 0 Å². The molecule has 0 spiro atoms. The number of halogens is 1. The zero-order valence-corrected chi connectivity index (χ0v) is 15.9. The Morgan fingerprint density at radius 3 is 3.04 bits per heavy atom. The molecule has 136 valence electrons. The van der Waals surface area contributed by atoms with Crippen LogP contribution in [0.1, 0.15) is 48.2 Å². The van der Waals surface area contributed by atoms with Crippen molar-refractivity contribution in [2.45, 2.75) is 51.3 Å². The minimum Gasteiger partial charge on any atom is -0.496 e. The van der Waals surface area contributed by atoms with Crippen molar-refractivity contribution in [1.29, 1.82) is 0 Å². The molecule has 1 aromatic carbocycles. The van der Waals surface area contributed by atoms with Crippen LogP contribution in [0.15, 0.2) is 18.3 Å². The minimum absolute atomic E-state index is 0. The first-order valence-electron chi connectivity index (χ1n) is 8.76. The molecular weight excluding hydrogens is 338 g/mol. The number of rotatable bonds is 4. The minimum atomic E-state index is 0. The van der Waals surface area contributed by atoms with E-state index in [0.717, 1.165) is 42.9 Å². The average Bonchev–Trinajstić information content (AvgIpc) is 3.14. The Kier molecular flexibility index (Phi) is 5.25. The van der Waals surface area contributed by atoms with Gasteiger partial charge in [-0.05, 0) is 38.3 Å². The summed E-state index contributed by atoms with van der Waals surface area (Å²) in [5.41, 5.74) is 5.10. The summed E-state index contributed by atoms with van der Waals surface area (Å²) in [7, 11) is 3.77. The molecule has 4 rings (SSSR count). The van der Waals surface area contributed by atoms with Crippen molar-refractivity contribution >= 4 is 12.4 Å². The van der Waals surface area contributed by atoms with Crippen molar-refractivity contribution in [3.8, 4) is 11.5 Å². The molecule has 0 bridgehead atoms. The Morgan fingerprint density at radius 2 is 2.24 bits per heavy atom. The lowest BCUT2D eigenvalue weighted by molar-refractivity contribution is 0.254. The normalized spacial score (nSPS) is 21.1. The Morgan fingerprint density at radius 1 is 1.40 bits per heavy atom. The molecule has 6 heteroatoms. The highest BCUT2D eigenvalue weighted by Gasteiger charge is 2.25. The summed E-state index contributed by atoms with van der Waals surface area (Å²) < 4.78 is 13.5. The first-order chi connectivity index (χ1) is 11.7. The van der Waals surface area contributed by atoms with Crippen LogP contribution in [-0.4, -0.2) is 23.0 Å². The molecule has 2 aromatic rings. The maximum atomic E-state index is 5.90. The third kappa shape index (κ3) is 3.35. The predicted molar refractivity (Wildman–Crippen MR) is 99.8 cm³/mol. The van der Waals surface area contributed by atoms with Crippen LogP contribution >= 0.6 is 12.4 Å². The number of methoxy groups -OCH3 is 1. The summed E-state index contributed by atoms with van der Waals surface area (Å²) in [6.45, 7) is 2.88. The fourth-order valence-electron chi connectivity index (χ4n) is 3.96. The molecule has 2 aliphatic rings. The smallest absolute Gasteiger partial charge is 0.123 e. The largest absolute Gasteiger partial charge is 0.496 e. The second-order valence-electron chi connectivity index (χ2n) is 6.90. The number of fused-ring (bicyclic) bond motifs is 2. The van der Waals surface area contributed by atoms with Crippen molar-refractivity contribution in [1.82, 2.24) is 15.1 Å². The number of aromatic nitrogens is 2. The maximum absolute atomic E-state index is 5.90. The zero-order valence-electron chi connectivity index (χ0n) is 15.0. The van der Waals surface area contributed by atoms with Crippen molar-refractivity contribution < 1.29 is 9.47 Å². The van der Waals surface area contributed by atoms with E-state index in [0.29, 0.717) is 6.04 Å². The second-order valence-corrected chi connectivity index (χ2v) is 6.90. The van der Waals surface area contributed by atoms with E-state index in [4.69, 9.17) is 9.47 Å². The third-order valence-electron chi connectivity index (χ3n) is 5.21. The number of benzene rings is 1. The molecule has 0 fully saturated rings. The maximum Gasteiger partial charge on any atom is 0.123 e. The molecule has 1 aromatic heterocycles. The van der Waals surface area contributed by atoms with E-state index < -0.39 is 0 Å².